The van der Waals surface area contributed by atoms with E-state index in [1.807, 2.05) is 12.1 Å². The fourth-order valence-electron chi connectivity index (χ4n) is 2.18. The Hall–Kier alpha value is -3.02. The highest BCUT2D eigenvalue weighted by molar-refractivity contribution is 5.80. The maximum atomic E-state index is 12.3. The Bertz CT molecular complexity index is 886. The Morgan fingerprint density at radius 1 is 1.14 bits per heavy atom. The number of aromatic nitrogens is 2. The van der Waals surface area contributed by atoms with Crippen molar-refractivity contribution in [2.45, 2.75) is 6.54 Å². The van der Waals surface area contributed by atoms with E-state index >= 15 is 0 Å². The molecule has 0 radical (unpaired) electrons. The van der Waals surface area contributed by atoms with Gasteiger partial charge in [-0.25, -0.2) is 4.68 Å². The zero-order chi connectivity index (χ0) is 14.8. The summed E-state index contributed by atoms with van der Waals surface area (Å²) in [5.74, 6) is 0. The first-order chi connectivity index (χ1) is 10.1. The summed E-state index contributed by atoms with van der Waals surface area (Å²) < 4.78 is 1.31. The van der Waals surface area contributed by atoms with Crippen LogP contribution in [0, 0.1) is 10.1 Å². The number of hydrogen-bond acceptors (Lipinski definition) is 4. The molecule has 0 unspecified atom stereocenters. The fourth-order valence-corrected chi connectivity index (χ4v) is 2.18. The Balaban J connectivity index is 2.02. The third-order valence-corrected chi connectivity index (χ3v) is 3.22. The van der Waals surface area contributed by atoms with Crippen molar-refractivity contribution >= 4 is 16.5 Å². The molecule has 0 fully saturated rings. The molecule has 6 heteroatoms. The van der Waals surface area contributed by atoms with Gasteiger partial charge < -0.3 is 0 Å². The number of nitrogens with zero attached hydrogens (tertiary/aromatic N) is 3. The van der Waals surface area contributed by atoms with Gasteiger partial charge in [-0.2, -0.15) is 5.10 Å². The van der Waals surface area contributed by atoms with Gasteiger partial charge in [-0.3, -0.25) is 14.9 Å². The second kappa shape index (κ2) is 5.16. The highest BCUT2D eigenvalue weighted by atomic mass is 16.6. The minimum absolute atomic E-state index is 0.00124. The number of fused-ring (bicyclic) bond motifs is 1. The highest BCUT2D eigenvalue weighted by Crippen LogP contribution is 2.14. The quantitative estimate of drug-likeness (QED) is 0.545. The lowest BCUT2D eigenvalue weighted by Gasteiger charge is -2.06. The predicted molar refractivity (Wildman–Crippen MR) is 78.2 cm³/mol. The summed E-state index contributed by atoms with van der Waals surface area (Å²) in [5.41, 5.74) is 0.454. The van der Waals surface area contributed by atoms with Gasteiger partial charge in [0, 0.05) is 17.5 Å². The van der Waals surface area contributed by atoms with Crippen molar-refractivity contribution in [3.8, 4) is 0 Å². The van der Waals surface area contributed by atoms with Crippen LogP contribution in [0.2, 0.25) is 0 Å². The van der Waals surface area contributed by atoms with Crippen LogP contribution < -0.4 is 5.56 Å². The number of nitro groups is 1. The molecule has 0 aliphatic carbocycles. The number of non-ortho nitro benzene ring substituents is 1. The van der Waals surface area contributed by atoms with Gasteiger partial charge in [0.25, 0.3) is 11.2 Å². The molecule has 0 amide bonds. The Morgan fingerprint density at radius 2 is 1.95 bits per heavy atom. The van der Waals surface area contributed by atoms with E-state index in [-0.39, 0.29) is 17.8 Å². The fraction of sp³-hybridized carbons (Fsp3) is 0.0667. The van der Waals surface area contributed by atoms with E-state index < -0.39 is 4.92 Å². The minimum Gasteiger partial charge on any atom is -0.267 e. The monoisotopic (exact) mass is 281 g/mol. The van der Waals surface area contributed by atoms with Crippen LogP contribution in [0.4, 0.5) is 5.69 Å². The van der Waals surface area contributed by atoms with Gasteiger partial charge >= 0.3 is 0 Å². The molecule has 0 N–H and O–H groups in total. The van der Waals surface area contributed by atoms with E-state index in [2.05, 4.69) is 5.10 Å². The molecule has 6 nitrogen and oxygen atoms in total. The summed E-state index contributed by atoms with van der Waals surface area (Å²) in [6, 6.07) is 13.4. The van der Waals surface area contributed by atoms with Gasteiger partial charge in [0.15, 0.2) is 0 Å². The topological polar surface area (TPSA) is 78.0 Å². The summed E-state index contributed by atoms with van der Waals surface area (Å²) in [4.78, 5) is 22.6. The lowest BCUT2D eigenvalue weighted by molar-refractivity contribution is -0.384. The van der Waals surface area contributed by atoms with E-state index in [4.69, 9.17) is 0 Å². The zero-order valence-electron chi connectivity index (χ0n) is 11.0. The van der Waals surface area contributed by atoms with E-state index in [1.165, 1.54) is 16.8 Å². The molecule has 1 aromatic heterocycles. The Morgan fingerprint density at radius 3 is 2.76 bits per heavy atom. The molecule has 3 aromatic rings. The van der Waals surface area contributed by atoms with Gasteiger partial charge in [-0.15, -0.1) is 0 Å². The number of rotatable bonds is 3. The van der Waals surface area contributed by atoms with Crippen molar-refractivity contribution in [3.05, 3.63) is 80.8 Å². The molecule has 1 heterocycles. The number of nitro benzene ring substituents is 1. The Labute approximate surface area is 119 Å². The first-order valence-electron chi connectivity index (χ1n) is 6.33. The molecule has 0 bridgehead atoms. The third kappa shape index (κ3) is 2.51. The van der Waals surface area contributed by atoms with Gasteiger partial charge in [-0.05, 0) is 11.6 Å². The lowest BCUT2D eigenvalue weighted by atomic mass is 10.2. The Kier molecular flexibility index (Phi) is 3.19. The third-order valence-electron chi connectivity index (χ3n) is 3.22. The number of hydrogen-bond donors (Lipinski definition) is 0. The summed E-state index contributed by atoms with van der Waals surface area (Å²) in [5, 5.41) is 16.2. The average Bonchev–Trinajstić information content (AvgIpc) is 2.51. The van der Waals surface area contributed by atoms with E-state index in [1.54, 1.807) is 30.5 Å². The van der Waals surface area contributed by atoms with E-state index in [0.717, 1.165) is 5.39 Å². The first kappa shape index (κ1) is 13.0. The molecular weight excluding hydrogens is 270 g/mol. The van der Waals surface area contributed by atoms with E-state index in [9.17, 15) is 14.9 Å². The van der Waals surface area contributed by atoms with Gasteiger partial charge in [-0.1, -0.05) is 30.3 Å². The van der Waals surface area contributed by atoms with E-state index in [0.29, 0.717) is 10.9 Å². The summed E-state index contributed by atoms with van der Waals surface area (Å²) >= 11 is 0. The average molecular weight is 281 g/mol. The highest BCUT2D eigenvalue weighted by Gasteiger charge is 2.08. The molecule has 0 saturated heterocycles. The SMILES string of the molecule is O=c1c2ccccc2cnn1Cc1cccc([N+](=O)[O-])c1. The van der Waals surface area contributed by atoms with Crippen molar-refractivity contribution in [2.24, 2.45) is 0 Å². The van der Waals surface area contributed by atoms with Crippen molar-refractivity contribution in [3.63, 3.8) is 0 Å². The lowest BCUT2D eigenvalue weighted by Crippen LogP contribution is -2.23. The zero-order valence-corrected chi connectivity index (χ0v) is 11.0. The molecule has 0 spiro atoms. The maximum Gasteiger partial charge on any atom is 0.274 e. The van der Waals surface area contributed by atoms with Crippen molar-refractivity contribution < 1.29 is 4.92 Å². The van der Waals surface area contributed by atoms with Crippen molar-refractivity contribution in [1.29, 1.82) is 0 Å². The molecule has 104 valence electrons. The summed E-state index contributed by atoms with van der Waals surface area (Å²) in [6.45, 7) is 0.200. The van der Waals surface area contributed by atoms with Crippen LogP contribution in [-0.4, -0.2) is 14.7 Å². The van der Waals surface area contributed by atoms with Gasteiger partial charge in [0.05, 0.1) is 23.1 Å². The first-order valence-corrected chi connectivity index (χ1v) is 6.33. The standard InChI is InChI=1S/C15H11N3O3/c19-15-14-7-2-1-5-12(14)9-16-17(15)10-11-4-3-6-13(8-11)18(20)21/h1-9H,10H2. The van der Waals surface area contributed by atoms with Crippen LogP contribution in [-0.2, 0) is 6.54 Å². The molecule has 2 aromatic carbocycles. The van der Waals surface area contributed by atoms with Crippen molar-refractivity contribution in [2.75, 3.05) is 0 Å². The molecule has 0 aliphatic heterocycles. The molecule has 0 atom stereocenters. The van der Waals surface area contributed by atoms with Gasteiger partial charge in [0.1, 0.15) is 0 Å². The molecule has 21 heavy (non-hydrogen) atoms. The van der Waals surface area contributed by atoms with Crippen LogP contribution in [0.1, 0.15) is 5.56 Å². The van der Waals surface area contributed by atoms with Gasteiger partial charge in [0.2, 0.25) is 0 Å². The molecule has 0 aliphatic rings. The van der Waals surface area contributed by atoms with Crippen LogP contribution in [0.25, 0.3) is 10.8 Å². The molecule has 3 rings (SSSR count). The smallest absolute Gasteiger partial charge is 0.267 e. The summed E-state index contributed by atoms with van der Waals surface area (Å²) in [7, 11) is 0. The second-order valence-electron chi connectivity index (χ2n) is 4.62. The number of benzene rings is 2. The summed E-state index contributed by atoms with van der Waals surface area (Å²) in [6.07, 6.45) is 1.62. The minimum atomic E-state index is -0.458. The van der Waals surface area contributed by atoms with Crippen LogP contribution in [0.5, 0.6) is 0 Å². The largest absolute Gasteiger partial charge is 0.274 e. The molecular formula is C15H11N3O3. The second-order valence-corrected chi connectivity index (χ2v) is 4.62. The predicted octanol–water partition coefficient (Wildman–Crippen LogP) is 2.35. The maximum absolute atomic E-state index is 12.3. The van der Waals surface area contributed by atoms with Crippen LogP contribution in [0.15, 0.2) is 59.5 Å². The van der Waals surface area contributed by atoms with Crippen LogP contribution >= 0.6 is 0 Å². The van der Waals surface area contributed by atoms with Crippen LogP contribution in [0.3, 0.4) is 0 Å². The van der Waals surface area contributed by atoms with Crippen molar-refractivity contribution in [1.82, 2.24) is 9.78 Å². The molecule has 0 saturated carbocycles. The normalized spacial score (nSPS) is 10.7.